The molecule has 2 heterocycles. The first-order valence-corrected chi connectivity index (χ1v) is 10.7. The summed E-state index contributed by atoms with van der Waals surface area (Å²) in [7, 11) is 1.66. The quantitative estimate of drug-likeness (QED) is 0.528. The second kappa shape index (κ2) is 9.19. The average Bonchev–Trinajstić information content (AvgIpc) is 3.08. The Morgan fingerprint density at radius 2 is 2.06 bits per heavy atom. The molecule has 0 radical (unpaired) electrons. The van der Waals surface area contributed by atoms with Gasteiger partial charge in [-0.05, 0) is 41.7 Å². The number of primary amides is 1. The van der Waals surface area contributed by atoms with Gasteiger partial charge in [0.05, 0.1) is 30.2 Å². The molecule has 172 valence electrons. The summed E-state index contributed by atoms with van der Waals surface area (Å²) in [4.78, 5) is 24.1. The van der Waals surface area contributed by atoms with E-state index in [-0.39, 0.29) is 19.6 Å². The van der Waals surface area contributed by atoms with Gasteiger partial charge in [-0.1, -0.05) is 30.3 Å². The second-order valence-corrected chi connectivity index (χ2v) is 8.37. The zero-order valence-corrected chi connectivity index (χ0v) is 18.3. The first-order valence-electron chi connectivity index (χ1n) is 10.7. The number of aryl methyl sites for hydroxylation is 1. The predicted molar refractivity (Wildman–Crippen MR) is 121 cm³/mol. The number of oxazole rings is 1. The van der Waals surface area contributed by atoms with Crippen molar-refractivity contribution in [2.45, 2.75) is 24.5 Å². The fourth-order valence-corrected chi connectivity index (χ4v) is 4.20. The third-order valence-electron chi connectivity index (χ3n) is 6.23. The van der Waals surface area contributed by atoms with Crippen LogP contribution in [-0.4, -0.2) is 47.0 Å². The van der Waals surface area contributed by atoms with Crippen molar-refractivity contribution in [3.8, 4) is 17.2 Å². The van der Waals surface area contributed by atoms with Gasteiger partial charge in [-0.3, -0.25) is 9.36 Å². The summed E-state index contributed by atoms with van der Waals surface area (Å²) in [6.45, 7) is 0.499. The summed E-state index contributed by atoms with van der Waals surface area (Å²) in [6.07, 6.45) is 0.0494. The fraction of sp³-hybridized carbons (Fsp3) is 0.375. The highest BCUT2D eigenvalue weighted by atomic mass is 16.5. The largest absolute Gasteiger partial charge is 0.419 e. The molecule has 3 atom stereocenters. The average molecular weight is 450 g/mol. The molecule has 4 N–H and O–H groups in total. The van der Waals surface area contributed by atoms with E-state index in [0.29, 0.717) is 24.1 Å². The number of nitrogens with two attached hydrogens (primary N) is 1. The number of benzene rings is 2. The fourth-order valence-electron chi connectivity index (χ4n) is 4.20. The Labute approximate surface area is 190 Å². The Hall–Kier alpha value is -3.45. The van der Waals surface area contributed by atoms with E-state index in [1.54, 1.807) is 13.1 Å². The van der Waals surface area contributed by atoms with Crippen LogP contribution in [0.15, 0.2) is 51.7 Å². The molecule has 1 aliphatic rings. The van der Waals surface area contributed by atoms with Gasteiger partial charge in [0.15, 0.2) is 11.2 Å². The van der Waals surface area contributed by atoms with E-state index < -0.39 is 29.3 Å². The number of carbonyl (C=O) groups is 1. The lowest BCUT2D eigenvalue weighted by atomic mass is 9.82. The summed E-state index contributed by atoms with van der Waals surface area (Å²) in [5.41, 5.74) is 8.15. The number of hydrogen-bond donors (Lipinski definition) is 3. The van der Waals surface area contributed by atoms with Crippen molar-refractivity contribution in [2.24, 2.45) is 18.7 Å². The first kappa shape index (κ1) is 22.7. The number of hydrogen-bond acceptors (Lipinski definition) is 7. The van der Waals surface area contributed by atoms with Crippen molar-refractivity contribution in [1.29, 1.82) is 5.26 Å². The van der Waals surface area contributed by atoms with Crippen molar-refractivity contribution in [2.75, 3.05) is 19.7 Å². The monoisotopic (exact) mass is 450 g/mol. The molecular formula is C24H26N4O5. The van der Waals surface area contributed by atoms with E-state index in [9.17, 15) is 20.0 Å². The molecule has 0 spiro atoms. The summed E-state index contributed by atoms with van der Waals surface area (Å²) < 4.78 is 12.5. The maximum absolute atomic E-state index is 12.4. The molecule has 1 aliphatic heterocycles. The number of nitrogens with zero attached hydrogens (tertiary/aromatic N) is 2. The molecule has 0 aliphatic carbocycles. The number of β-amino-alcohol motifs (C(OH)–C–C–N with tert-alkyl or cyclic N) is 1. The topological polar surface area (TPSA) is 144 Å². The van der Waals surface area contributed by atoms with Gasteiger partial charge in [-0.25, -0.2) is 4.79 Å². The Balaban J connectivity index is 1.57. The van der Waals surface area contributed by atoms with E-state index in [1.165, 1.54) is 4.57 Å². The Morgan fingerprint density at radius 1 is 1.33 bits per heavy atom. The molecule has 2 aromatic carbocycles. The number of aliphatic hydroxyl groups is 1. The Kier molecular flexibility index (Phi) is 6.33. The number of rotatable bonds is 5. The van der Waals surface area contributed by atoms with Crippen LogP contribution in [0.4, 0.5) is 0 Å². The smallest absolute Gasteiger partial charge is 0.408 e. The van der Waals surface area contributed by atoms with Crippen molar-refractivity contribution in [3.63, 3.8) is 0 Å². The second-order valence-electron chi connectivity index (χ2n) is 8.37. The number of nitriles is 1. The third kappa shape index (κ3) is 4.41. The molecule has 1 amide bonds. The zero-order chi connectivity index (χ0) is 23.6. The van der Waals surface area contributed by atoms with E-state index in [0.717, 1.165) is 16.7 Å². The van der Waals surface area contributed by atoms with Gasteiger partial charge in [0, 0.05) is 20.1 Å². The van der Waals surface area contributed by atoms with Crippen molar-refractivity contribution < 1.29 is 19.1 Å². The van der Waals surface area contributed by atoms with Gasteiger partial charge in [-0.2, -0.15) is 5.26 Å². The predicted octanol–water partition coefficient (Wildman–Crippen LogP) is 1.08. The van der Waals surface area contributed by atoms with Crippen LogP contribution >= 0.6 is 0 Å². The third-order valence-corrected chi connectivity index (χ3v) is 6.23. The van der Waals surface area contributed by atoms with Crippen LogP contribution in [0.5, 0.6) is 0 Å². The summed E-state index contributed by atoms with van der Waals surface area (Å²) in [5, 5.41) is 22.7. The van der Waals surface area contributed by atoms with Crippen LogP contribution < -0.4 is 16.8 Å². The molecular weight excluding hydrogens is 424 g/mol. The molecule has 0 saturated carbocycles. The van der Waals surface area contributed by atoms with Crippen LogP contribution in [-0.2, 0) is 23.0 Å². The van der Waals surface area contributed by atoms with E-state index in [4.69, 9.17) is 14.9 Å². The van der Waals surface area contributed by atoms with Crippen LogP contribution in [0.1, 0.15) is 12.0 Å². The van der Waals surface area contributed by atoms with E-state index in [1.807, 2.05) is 36.4 Å². The first-order chi connectivity index (χ1) is 15.8. The van der Waals surface area contributed by atoms with Gasteiger partial charge in [0.25, 0.3) is 5.91 Å². The van der Waals surface area contributed by atoms with Crippen LogP contribution in [0.3, 0.4) is 0 Å². The standard InChI is InChI=1S/C24H26N4O5/c1-28-20-11-17(6-7-21(20)33-23(28)31)16-4-2-15(3-5-16)10-18(12-25)24(22(26)30)14-27-13-19(29)8-9-32-24/h2-7,11,18-19,27,29H,8-10,13-14H2,1H3,(H2,26,30)/t18-,19?,24?/m0/s1. The molecule has 9 heteroatoms. The van der Waals surface area contributed by atoms with E-state index >= 15 is 0 Å². The number of aromatic nitrogens is 1. The molecule has 1 fully saturated rings. The number of nitrogens with one attached hydrogen (secondary N) is 1. The summed E-state index contributed by atoms with van der Waals surface area (Å²) in [6, 6.07) is 15.4. The van der Waals surface area contributed by atoms with Crippen molar-refractivity contribution in [1.82, 2.24) is 9.88 Å². The minimum Gasteiger partial charge on any atom is -0.408 e. The summed E-state index contributed by atoms with van der Waals surface area (Å²) in [5.74, 6) is -1.92. The molecule has 4 rings (SSSR count). The molecule has 3 aromatic rings. The lowest BCUT2D eigenvalue weighted by Gasteiger charge is -2.37. The van der Waals surface area contributed by atoms with Crippen molar-refractivity contribution >= 4 is 17.0 Å². The Morgan fingerprint density at radius 3 is 2.76 bits per heavy atom. The van der Waals surface area contributed by atoms with E-state index in [2.05, 4.69) is 11.4 Å². The minimum absolute atomic E-state index is 0.0547. The van der Waals surface area contributed by atoms with Gasteiger partial charge < -0.3 is 25.3 Å². The van der Waals surface area contributed by atoms with Crippen LogP contribution in [0.2, 0.25) is 0 Å². The number of aliphatic hydroxyl groups excluding tert-OH is 1. The van der Waals surface area contributed by atoms with Crippen LogP contribution in [0, 0.1) is 17.2 Å². The number of fused-ring (bicyclic) bond motifs is 1. The van der Waals surface area contributed by atoms with Gasteiger partial charge >= 0.3 is 5.76 Å². The molecule has 2 unspecified atom stereocenters. The Bertz CT molecular complexity index is 1240. The van der Waals surface area contributed by atoms with Crippen LogP contribution in [0.25, 0.3) is 22.2 Å². The highest BCUT2D eigenvalue weighted by molar-refractivity contribution is 5.85. The maximum Gasteiger partial charge on any atom is 0.419 e. The molecule has 33 heavy (non-hydrogen) atoms. The molecule has 1 aromatic heterocycles. The molecule has 0 bridgehead atoms. The normalized spacial score (nSPS) is 22.3. The summed E-state index contributed by atoms with van der Waals surface area (Å²) >= 11 is 0. The van der Waals surface area contributed by atoms with Gasteiger partial charge in [0.2, 0.25) is 0 Å². The number of carbonyl (C=O) groups excluding carboxylic acids is 1. The zero-order valence-electron chi connectivity index (χ0n) is 18.3. The highest BCUT2D eigenvalue weighted by Gasteiger charge is 2.46. The molecule has 1 saturated heterocycles. The SMILES string of the molecule is Cn1c(=O)oc2ccc(-c3ccc(C[C@@H](C#N)C4(C(N)=O)CNCC(O)CCO4)cc3)cc21. The highest BCUT2D eigenvalue weighted by Crippen LogP contribution is 2.29. The maximum atomic E-state index is 12.4. The van der Waals surface area contributed by atoms with Gasteiger partial charge in [0.1, 0.15) is 0 Å². The number of ether oxygens (including phenoxy) is 1. The minimum atomic E-state index is -1.48. The van der Waals surface area contributed by atoms with Crippen molar-refractivity contribution in [3.05, 3.63) is 58.6 Å². The van der Waals surface area contributed by atoms with Gasteiger partial charge in [-0.15, -0.1) is 0 Å². The lowest BCUT2D eigenvalue weighted by Crippen LogP contribution is -2.60. The molecule has 9 nitrogen and oxygen atoms in total. The lowest BCUT2D eigenvalue weighted by molar-refractivity contribution is -0.152. The number of amides is 1.